The third-order valence-electron chi connectivity index (χ3n) is 6.66. The highest BCUT2D eigenvalue weighted by Gasteiger charge is 2.21. The Kier molecular flexibility index (Phi) is 9.39. The lowest BCUT2D eigenvalue weighted by atomic mass is 9.87. The van der Waals surface area contributed by atoms with Gasteiger partial charge >= 0.3 is 0 Å². The Hall–Kier alpha value is -2.87. The molecule has 36 heavy (non-hydrogen) atoms. The van der Waals surface area contributed by atoms with Crippen LogP contribution < -0.4 is 4.74 Å². The predicted molar refractivity (Wildman–Crippen MR) is 135 cm³/mol. The summed E-state index contributed by atoms with van der Waals surface area (Å²) in [5.41, 5.74) is 1.73. The molecule has 4 nitrogen and oxygen atoms in total. The zero-order valence-corrected chi connectivity index (χ0v) is 20.3. The Balaban J connectivity index is 1.21. The molecule has 0 saturated carbocycles. The minimum Gasteiger partial charge on any atom is -0.491 e. The summed E-state index contributed by atoms with van der Waals surface area (Å²) in [6.07, 6.45) is 1.08. The fourth-order valence-electron chi connectivity index (χ4n) is 4.76. The van der Waals surface area contributed by atoms with Gasteiger partial charge in [0.1, 0.15) is 35.9 Å². The summed E-state index contributed by atoms with van der Waals surface area (Å²) in [6, 6.07) is 18.9. The molecule has 1 N–H and O–H groups in total. The molecule has 0 aliphatic carbocycles. The van der Waals surface area contributed by atoms with Gasteiger partial charge < -0.3 is 14.7 Å². The molecule has 0 spiro atoms. The van der Waals surface area contributed by atoms with Crippen molar-refractivity contribution in [3.63, 3.8) is 0 Å². The van der Waals surface area contributed by atoms with Gasteiger partial charge in [-0.15, -0.1) is 0 Å². The lowest BCUT2D eigenvalue weighted by Crippen LogP contribution is -2.49. The number of piperazine rings is 1. The van der Waals surface area contributed by atoms with E-state index in [9.17, 15) is 18.3 Å². The average molecular weight is 499 g/mol. The van der Waals surface area contributed by atoms with Gasteiger partial charge in [0.2, 0.25) is 0 Å². The Bertz CT molecular complexity index is 1040. The molecule has 1 unspecified atom stereocenters. The van der Waals surface area contributed by atoms with E-state index in [1.54, 1.807) is 36.4 Å². The van der Waals surface area contributed by atoms with Crippen LogP contribution in [0.5, 0.6) is 5.75 Å². The number of hydrogen-bond acceptors (Lipinski definition) is 4. The number of halogens is 3. The number of β-amino-alcohol motifs (C(OH)–C–C–N with tert-alkyl or cyclic N) is 1. The van der Waals surface area contributed by atoms with Crippen LogP contribution in [-0.2, 0) is 0 Å². The van der Waals surface area contributed by atoms with Crippen molar-refractivity contribution in [3.8, 4) is 5.75 Å². The number of benzene rings is 3. The van der Waals surface area contributed by atoms with Crippen molar-refractivity contribution in [1.82, 2.24) is 9.80 Å². The second-order valence-electron chi connectivity index (χ2n) is 9.37. The smallest absolute Gasteiger partial charge is 0.123 e. The van der Waals surface area contributed by atoms with E-state index in [-0.39, 0.29) is 30.0 Å². The fraction of sp³-hybridized carbons (Fsp3) is 0.379. The van der Waals surface area contributed by atoms with Gasteiger partial charge in [-0.05, 0) is 79.0 Å². The molecule has 0 aromatic heterocycles. The van der Waals surface area contributed by atoms with Gasteiger partial charge in [-0.2, -0.15) is 0 Å². The maximum absolute atomic E-state index is 13.9. The summed E-state index contributed by atoms with van der Waals surface area (Å²) >= 11 is 0. The molecule has 1 atom stereocenters. The third-order valence-corrected chi connectivity index (χ3v) is 6.66. The summed E-state index contributed by atoms with van der Waals surface area (Å²) < 4.78 is 46.3. The van der Waals surface area contributed by atoms with Gasteiger partial charge in [-0.1, -0.05) is 24.3 Å². The first-order valence-corrected chi connectivity index (χ1v) is 12.5. The van der Waals surface area contributed by atoms with Crippen LogP contribution in [0, 0.1) is 17.5 Å². The maximum Gasteiger partial charge on any atom is 0.123 e. The molecule has 3 aromatic rings. The number of nitrogens with zero attached hydrogens (tertiary/aromatic N) is 2. The molecule has 1 aliphatic rings. The summed E-state index contributed by atoms with van der Waals surface area (Å²) in [5, 5.41) is 10.3. The van der Waals surface area contributed by atoms with Gasteiger partial charge in [0.05, 0.1) is 0 Å². The first-order valence-electron chi connectivity index (χ1n) is 12.5. The van der Waals surface area contributed by atoms with E-state index in [1.165, 1.54) is 24.3 Å². The quantitative estimate of drug-likeness (QED) is 0.400. The number of hydrogen-bond donors (Lipinski definition) is 1. The first-order chi connectivity index (χ1) is 17.5. The van der Waals surface area contributed by atoms with Crippen molar-refractivity contribution in [1.29, 1.82) is 0 Å². The van der Waals surface area contributed by atoms with E-state index >= 15 is 0 Å². The normalized spacial score (nSPS) is 15.8. The predicted octanol–water partition coefficient (Wildman–Crippen LogP) is 5.07. The average Bonchev–Trinajstić information content (AvgIpc) is 2.87. The second-order valence-corrected chi connectivity index (χ2v) is 9.37. The van der Waals surface area contributed by atoms with Crippen LogP contribution in [0.1, 0.15) is 29.9 Å². The summed E-state index contributed by atoms with van der Waals surface area (Å²) in [7, 11) is 0. The first kappa shape index (κ1) is 26.2. The SMILES string of the molecule is OC(COc1ccc(F)cc1)CN1CCN(CCCC(c2cccc(F)c2)c2cccc(F)c2)CC1. The van der Waals surface area contributed by atoms with E-state index in [2.05, 4.69) is 9.80 Å². The molecule has 4 rings (SSSR count). The fourth-order valence-corrected chi connectivity index (χ4v) is 4.76. The lowest BCUT2D eigenvalue weighted by Gasteiger charge is -2.35. The molecule has 0 radical (unpaired) electrons. The number of aliphatic hydroxyl groups is 1. The van der Waals surface area contributed by atoms with Gasteiger partial charge in [0.15, 0.2) is 0 Å². The number of ether oxygens (including phenoxy) is 1. The molecular weight excluding hydrogens is 465 g/mol. The number of rotatable bonds is 11. The van der Waals surface area contributed by atoms with Crippen LogP contribution in [-0.4, -0.2) is 66.9 Å². The highest BCUT2D eigenvalue weighted by Crippen LogP contribution is 2.30. The molecule has 7 heteroatoms. The van der Waals surface area contributed by atoms with E-state index in [0.29, 0.717) is 12.3 Å². The van der Waals surface area contributed by atoms with Crippen molar-refractivity contribution < 1.29 is 23.0 Å². The molecule has 1 saturated heterocycles. The zero-order chi connectivity index (χ0) is 25.3. The van der Waals surface area contributed by atoms with Crippen LogP contribution >= 0.6 is 0 Å². The van der Waals surface area contributed by atoms with Gasteiger partial charge in [0, 0.05) is 38.6 Å². The number of aliphatic hydroxyl groups excluding tert-OH is 1. The molecule has 1 heterocycles. The van der Waals surface area contributed by atoms with Gasteiger partial charge in [-0.25, -0.2) is 13.2 Å². The summed E-state index contributed by atoms with van der Waals surface area (Å²) in [5.74, 6) is -0.409. The van der Waals surface area contributed by atoms with E-state index in [4.69, 9.17) is 4.74 Å². The van der Waals surface area contributed by atoms with Crippen LogP contribution in [0.4, 0.5) is 13.2 Å². The molecule has 0 bridgehead atoms. The second kappa shape index (κ2) is 12.9. The molecule has 3 aromatic carbocycles. The summed E-state index contributed by atoms with van der Waals surface area (Å²) in [4.78, 5) is 4.61. The molecule has 0 amide bonds. The molecular formula is C29H33F3N2O2. The highest BCUT2D eigenvalue weighted by atomic mass is 19.1. The Labute approximate surface area is 210 Å². The largest absolute Gasteiger partial charge is 0.491 e. The highest BCUT2D eigenvalue weighted by molar-refractivity contribution is 5.33. The van der Waals surface area contributed by atoms with Crippen molar-refractivity contribution in [3.05, 3.63) is 101 Å². The lowest BCUT2D eigenvalue weighted by molar-refractivity contribution is 0.0457. The van der Waals surface area contributed by atoms with Crippen LogP contribution in [0.25, 0.3) is 0 Å². The van der Waals surface area contributed by atoms with Crippen LogP contribution in [0.3, 0.4) is 0 Å². The van der Waals surface area contributed by atoms with Gasteiger partial charge in [-0.3, -0.25) is 4.90 Å². The Morgan fingerprint density at radius 1 is 0.750 bits per heavy atom. The van der Waals surface area contributed by atoms with E-state index in [0.717, 1.165) is 56.7 Å². The van der Waals surface area contributed by atoms with Crippen LogP contribution in [0.2, 0.25) is 0 Å². The maximum atomic E-state index is 13.9. The molecule has 192 valence electrons. The van der Waals surface area contributed by atoms with Crippen molar-refractivity contribution in [2.24, 2.45) is 0 Å². The van der Waals surface area contributed by atoms with Crippen molar-refractivity contribution in [2.45, 2.75) is 24.9 Å². The van der Waals surface area contributed by atoms with Crippen molar-refractivity contribution >= 4 is 0 Å². The Morgan fingerprint density at radius 3 is 1.92 bits per heavy atom. The van der Waals surface area contributed by atoms with Crippen LogP contribution in [0.15, 0.2) is 72.8 Å². The molecule has 1 fully saturated rings. The molecule has 1 aliphatic heterocycles. The standard InChI is InChI=1S/C29H33F3N2O2/c30-24-9-11-28(12-10-24)36-21-27(35)20-34-16-14-33(15-17-34)13-3-8-29(22-4-1-6-25(31)18-22)23-5-2-7-26(32)19-23/h1-2,4-7,9-12,18-19,27,29,35H,3,8,13-17,20-21H2. The topological polar surface area (TPSA) is 35.9 Å². The van der Waals surface area contributed by atoms with Crippen molar-refractivity contribution in [2.75, 3.05) is 45.9 Å². The van der Waals surface area contributed by atoms with E-state index < -0.39 is 6.10 Å². The van der Waals surface area contributed by atoms with Gasteiger partial charge in [0.25, 0.3) is 0 Å². The minimum atomic E-state index is -0.625. The minimum absolute atomic E-state index is 0.0612. The Morgan fingerprint density at radius 2 is 1.33 bits per heavy atom. The summed E-state index contributed by atoms with van der Waals surface area (Å²) in [6.45, 7) is 5.09. The van der Waals surface area contributed by atoms with E-state index in [1.807, 2.05) is 12.1 Å². The third kappa shape index (κ3) is 7.82. The zero-order valence-electron chi connectivity index (χ0n) is 20.3. The monoisotopic (exact) mass is 498 g/mol.